The molecule has 0 unspecified atom stereocenters. The van der Waals surface area contributed by atoms with Gasteiger partial charge in [-0.1, -0.05) is 23.7 Å². The molecule has 0 fully saturated rings. The predicted octanol–water partition coefficient (Wildman–Crippen LogP) is 2.14. The number of nitrogens with zero attached hydrogens (tertiary/aromatic N) is 2. The maximum Gasteiger partial charge on any atom is 0.420 e. The molecule has 0 aliphatic rings. The summed E-state index contributed by atoms with van der Waals surface area (Å²) in [6, 6.07) is 10.7. The van der Waals surface area contributed by atoms with Gasteiger partial charge in [0.2, 0.25) is 15.9 Å². The zero-order chi connectivity index (χ0) is 19.8. The van der Waals surface area contributed by atoms with Gasteiger partial charge in [0.1, 0.15) is 6.54 Å². The normalized spacial score (nSPS) is 11.9. The van der Waals surface area contributed by atoms with E-state index in [0.717, 1.165) is 4.31 Å². The quantitative estimate of drug-likeness (QED) is 0.695. The van der Waals surface area contributed by atoms with Crippen LogP contribution in [0.3, 0.4) is 0 Å². The van der Waals surface area contributed by atoms with E-state index in [4.69, 9.17) is 16.0 Å². The highest BCUT2D eigenvalue weighted by Crippen LogP contribution is 2.26. The molecule has 3 aromatic rings. The lowest BCUT2D eigenvalue weighted by atomic mass is 10.3. The number of nitrogens with one attached hydrogen (secondary N) is 1. The first kappa shape index (κ1) is 19.2. The molecule has 8 nitrogen and oxygen atoms in total. The van der Waals surface area contributed by atoms with E-state index in [0.29, 0.717) is 11.1 Å². The van der Waals surface area contributed by atoms with E-state index in [2.05, 4.69) is 5.32 Å². The number of hydrogen-bond acceptors (Lipinski definition) is 5. The lowest BCUT2D eigenvalue weighted by Crippen LogP contribution is -2.25. The molecule has 1 N–H and O–H groups in total. The van der Waals surface area contributed by atoms with Crippen molar-refractivity contribution in [2.45, 2.75) is 11.4 Å². The maximum atomic E-state index is 12.4. The first-order valence-electron chi connectivity index (χ1n) is 7.80. The molecule has 0 aliphatic carbocycles. The van der Waals surface area contributed by atoms with Gasteiger partial charge in [-0.3, -0.25) is 9.36 Å². The predicted molar refractivity (Wildman–Crippen MR) is 101 cm³/mol. The summed E-state index contributed by atoms with van der Waals surface area (Å²) >= 11 is 6.07. The van der Waals surface area contributed by atoms with Crippen LogP contribution in [0.25, 0.3) is 11.1 Å². The van der Waals surface area contributed by atoms with E-state index in [1.54, 1.807) is 24.3 Å². The number of fused-ring (bicyclic) bond motifs is 1. The number of aromatic nitrogens is 1. The Morgan fingerprint density at radius 1 is 1.22 bits per heavy atom. The van der Waals surface area contributed by atoms with E-state index in [1.807, 2.05) is 0 Å². The second-order valence-corrected chi connectivity index (χ2v) is 8.46. The van der Waals surface area contributed by atoms with Crippen molar-refractivity contribution in [2.75, 3.05) is 19.4 Å². The second-order valence-electron chi connectivity index (χ2n) is 5.90. The third-order valence-corrected chi connectivity index (χ3v) is 6.01. The van der Waals surface area contributed by atoms with Gasteiger partial charge in [-0.15, -0.1) is 0 Å². The van der Waals surface area contributed by atoms with Crippen molar-refractivity contribution in [3.63, 3.8) is 0 Å². The number of amides is 1. The number of carbonyl (C=O) groups is 1. The van der Waals surface area contributed by atoms with Crippen molar-refractivity contribution in [1.82, 2.24) is 8.87 Å². The van der Waals surface area contributed by atoms with Crippen LogP contribution < -0.4 is 11.1 Å². The van der Waals surface area contributed by atoms with Crippen LogP contribution in [-0.4, -0.2) is 37.3 Å². The number of rotatable bonds is 5. The molecular formula is C17H16ClN3O5S. The van der Waals surface area contributed by atoms with Gasteiger partial charge < -0.3 is 9.73 Å². The summed E-state index contributed by atoms with van der Waals surface area (Å²) < 4.78 is 31.8. The molecule has 2 aromatic carbocycles. The van der Waals surface area contributed by atoms with Crippen LogP contribution in [0.1, 0.15) is 0 Å². The van der Waals surface area contributed by atoms with Crippen LogP contribution in [-0.2, 0) is 21.4 Å². The van der Waals surface area contributed by atoms with Crippen LogP contribution in [0.4, 0.5) is 5.69 Å². The fourth-order valence-corrected chi connectivity index (χ4v) is 3.56. The Balaban J connectivity index is 1.88. The van der Waals surface area contributed by atoms with Crippen molar-refractivity contribution in [2.24, 2.45) is 0 Å². The minimum Gasteiger partial charge on any atom is -0.408 e. The molecule has 0 saturated heterocycles. The molecule has 0 bridgehead atoms. The van der Waals surface area contributed by atoms with Gasteiger partial charge in [0.05, 0.1) is 21.1 Å². The Morgan fingerprint density at radius 2 is 1.93 bits per heavy atom. The SMILES string of the molecule is CN(C)S(=O)(=O)c1ccc(Cl)c(NC(=O)Cn2c(=O)oc3ccccc32)c1. The third kappa shape index (κ3) is 3.75. The maximum absolute atomic E-state index is 12.4. The molecule has 1 aromatic heterocycles. The van der Waals surface area contributed by atoms with Crippen molar-refractivity contribution < 1.29 is 17.6 Å². The van der Waals surface area contributed by atoms with Crippen molar-refractivity contribution in [3.8, 4) is 0 Å². The van der Waals surface area contributed by atoms with Crippen LogP contribution in [0, 0.1) is 0 Å². The first-order valence-corrected chi connectivity index (χ1v) is 9.62. The first-order chi connectivity index (χ1) is 12.7. The highest BCUT2D eigenvalue weighted by atomic mass is 35.5. The molecular weight excluding hydrogens is 394 g/mol. The standard InChI is InChI=1S/C17H16ClN3O5S/c1-20(2)27(24,25)11-7-8-12(18)13(9-11)19-16(22)10-21-14-5-3-4-6-15(14)26-17(21)23/h3-9H,10H2,1-2H3,(H,19,22). The van der Waals surface area contributed by atoms with Crippen LogP contribution in [0.15, 0.2) is 56.6 Å². The van der Waals surface area contributed by atoms with Gasteiger partial charge in [-0.25, -0.2) is 17.5 Å². The molecule has 142 valence electrons. The summed E-state index contributed by atoms with van der Waals surface area (Å²) in [4.78, 5) is 24.3. The number of oxazole rings is 1. The molecule has 1 amide bonds. The summed E-state index contributed by atoms with van der Waals surface area (Å²) in [6.07, 6.45) is 0. The monoisotopic (exact) mass is 409 g/mol. The Labute approximate surface area is 160 Å². The minimum atomic E-state index is -3.68. The highest BCUT2D eigenvalue weighted by Gasteiger charge is 2.19. The number of carbonyl (C=O) groups excluding carboxylic acids is 1. The average molecular weight is 410 g/mol. The van der Waals surface area contributed by atoms with Gasteiger partial charge in [0.15, 0.2) is 5.58 Å². The highest BCUT2D eigenvalue weighted by molar-refractivity contribution is 7.89. The molecule has 1 heterocycles. The Kier molecular flexibility index (Phi) is 5.09. The number of hydrogen-bond donors (Lipinski definition) is 1. The Morgan fingerprint density at radius 3 is 2.63 bits per heavy atom. The van der Waals surface area contributed by atoms with E-state index in [1.165, 1.54) is 36.9 Å². The van der Waals surface area contributed by atoms with E-state index < -0.39 is 21.7 Å². The summed E-state index contributed by atoms with van der Waals surface area (Å²) in [5.74, 6) is -1.22. The number of benzene rings is 2. The van der Waals surface area contributed by atoms with Crippen molar-refractivity contribution in [1.29, 1.82) is 0 Å². The zero-order valence-corrected chi connectivity index (χ0v) is 16.0. The molecule has 0 aliphatic heterocycles. The van der Waals surface area contributed by atoms with Crippen molar-refractivity contribution in [3.05, 3.63) is 58.0 Å². The van der Waals surface area contributed by atoms with E-state index in [9.17, 15) is 18.0 Å². The summed E-state index contributed by atoms with van der Waals surface area (Å²) in [7, 11) is -0.881. The topological polar surface area (TPSA) is 102 Å². The van der Waals surface area contributed by atoms with Gasteiger partial charge in [-0.05, 0) is 30.3 Å². The molecule has 0 radical (unpaired) electrons. The smallest absolute Gasteiger partial charge is 0.408 e. The Hall–Kier alpha value is -2.62. The third-order valence-electron chi connectivity index (χ3n) is 3.87. The molecule has 0 spiro atoms. The molecule has 10 heteroatoms. The van der Waals surface area contributed by atoms with Gasteiger partial charge >= 0.3 is 5.76 Å². The summed E-state index contributed by atoms with van der Waals surface area (Å²) in [5.41, 5.74) is 0.977. The lowest BCUT2D eigenvalue weighted by molar-refractivity contribution is -0.116. The van der Waals surface area contributed by atoms with Crippen LogP contribution in [0.5, 0.6) is 0 Å². The largest absolute Gasteiger partial charge is 0.420 e. The molecule has 3 rings (SSSR count). The Bertz CT molecular complexity index is 1180. The second kappa shape index (κ2) is 7.18. The van der Waals surface area contributed by atoms with E-state index >= 15 is 0 Å². The van der Waals surface area contributed by atoms with Gasteiger partial charge in [0, 0.05) is 14.1 Å². The molecule has 27 heavy (non-hydrogen) atoms. The number of halogens is 1. The number of anilines is 1. The summed E-state index contributed by atoms with van der Waals surface area (Å²) in [6.45, 7) is -0.309. The average Bonchev–Trinajstić information content (AvgIpc) is 2.92. The van der Waals surface area contributed by atoms with Gasteiger partial charge in [-0.2, -0.15) is 0 Å². The lowest BCUT2D eigenvalue weighted by Gasteiger charge is -2.14. The zero-order valence-electron chi connectivity index (χ0n) is 14.5. The molecule has 0 saturated carbocycles. The van der Waals surface area contributed by atoms with Gasteiger partial charge in [0.25, 0.3) is 0 Å². The van der Waals surface area contributed by atoms with Crippen LogP contribution in [0.2, 0.25) is 5.02 Å². The number of sulfonamides is 1. The number of para-hydroxylation sites is 2. The van der Waals surface area contributed by atoms with E-state index in [-0.39, 0.29) is 22.2 Å². The van der Waals surface area contributed by atoms with Crippen LogP contribution >= 0.6 is 11.6 Å². The summed E-state index contributed by atoms with van der Waals surface area (Å²) in [5, 5.41) is 2.71. The fourth-order valence-electron chi connectivity index (χ4n) is 2.47. The fraction of sp³-hybridized carbons (Fsp3) is 0.176. The van der Waals surface area contributed by atoms with Crippen molar-refractivity contribution >= 4 is 44.3 Å². The molecule has 0 atom stereocenters. The minimum absolute atomic E-state index is 0.0156.